The van der Waals surface area contributed by atoms with Crippen LogP contribution in [0.4, 0.5) is 4.79 Å². The van der Waals surface area contributed by atoms with E-state index in [9.17, 15) is 9.90 Å². The van der Waals surface area contributed by atoms with Crippen molar-refractivity contribution in [3.05, 3.63) is 40.4 Å². The number of urea groups is 1. The molecule has 0 radical (unpaired) electrons. The maximum Gasteiger partial charge on any atom is 0.317 e. The smallest absolute Gasteiger partial charge is 0.317 e. The number of phenolic OH excluding ortho intramolecular Hbond substituents is 1. The van der Waals surface area contributed by atoms with Gasteiger partial charge < -0.3 is 15.3 Å². The summed E-state index contributed by atoms with van der Waals surface area (Å²) < 4.78 is 1.03. The molecule has 2 aromatic rings. The lowest BCUT2D eigenvalue weighted by atomic mass is 10.0. The van der Waals surface area contributed by atoms with Crippen LogP contribution in [-0.4, -0.2) is 54.2 Å². The van der Waals surface area contributed by atoms with Crippen molar-refractivity contribution in [2.45, 2.75) is 6.54 Å². The second-order valence-corrected chi connectivity index (χ2v) is 6.66. The van der Waals surface area contributed by atoms with E-state index < -0.39 is 0 Å². The van der Waals surface area contributed by atoms with E-state index in [2.05, 4.69) is 32.2 Å². The van der Waals surface area contributed by atoms with Crippen LogP contribution in [0.1, 0.15) is 5.56 Å². The fraction of sp³-hybridized carbons (Fsp3) is 0.353. The third-order valence-corrected chi connectivity index (χ3v) is 4.82. The predicted octanol–water partition coefficient (Wildman–Crippen LogP) is 2.76. The van der Waals surface area contributed by atoms with E-state index in [0.717, 1.165) is 33.9 Å². The molecule has 0 aromatic heterocycles. The Morgan fingerprint density at radius 1 is 1.22 bits per heavy atom. The van der Waals surface area contributed by atoms with Gasteiger partial charge in [-0.15, -0.1) is 0 Å². The maximum absolute atomic E-state index is 11.6. The van der Waals surface area contributed by atoms with E-state index in [4.69, 9.17) is 0 Å². The number of carbonyl (C=O) groups excluding carboxylic acids is 1. The predicted molar refractivity (Wildman–Crippen MR) is 94.6 cm³/mol. The number of fused-ring (bicyclic) bond motifs is 1. The summed E-state index contributed by atoms with van der Waals surface area (Å²) in [7, 11) is 1.65. The van der Waals surface area contributed by atoms with E-state index in [-0.39, 0.29) is 6.03 Å². The molecular formula is C17H20BrN3O2. The number of aromatic hydroxyl groups is 1. The average molecular weight is 378 g/mol. The van der Waals surface area contributed by atoms with Gasteiger partial charge in [-0.05, 0) is 29.0 Å². The number of nitrogens with one attached hydrogen (secondary N) is 1. The van der Waals surface area contributed by atoms with Crippen LogP contribution in [0.25, 0.3) is 10.8 Å². The molecule has 0 aliphatic carbocycles. The van der Waals surface area contributed by atoms with Crippen LogP contribution in [0.2, 0.25) is 0 Å². The molecule has 1 heterocycles. The molecule has 0 atom stereocenters. The number of piperazine rings is 1. The third-order valence-electron chi connectivity index (χ3n) is 4.32. The van der Waals surface area contributed by atoms with Gasteiger partial charge in [0.1, 0.15) is 5.75 Å². The molecule has 1 aliphatic rings. The number of phenols is 1. The zero-order valence-corrected chi connectivity index (χ0v) is 14.6. The summed E-state index contributed by atoms with van der Waals surface area (Å²) >= 11 is 3.48. The monoisotopic (exact) mass is 377 g/mol. The number of amides is 2. The lowest BCUT2D eigenvalue weighted by Crippen LogP contribution is -2.50. The van der Waals surface area contributed by atoms with E-state index in [0.29, 0.717) is 25.4 Å². The van der Waals surface area contributed by atoms with Crippen molar-refractivity contribution in [3.63, 3.8) is 0 Å². The summed E-state index contributed by atoms with van der Waals surface area (Å²) in [5.74, 6) is 0.327. The molecule has 6 heteroatoms. The Hall–Kier alpha value is -1.79. The lowest BCUT2D eigenvalue weighted by Gasteiger charge is -2.34. The van der Waals surface area contributed by atoms with Crippen LogP contribution in [0.3, 0.4) is 0 Å². The molecular weight excluding hydrogens is 358 g/mol. The fourth-order valence-electron chi connectivity index (χ4n) is 3.01. The highest BCUT2D eigenvalue weighted by Gasteiger charge is 2.21. The molecule has 0 spiro atoms. The number of rotatable bonds is 2. The minimum atomic E-state index is -0.0255. The number of benzene rings is 2. The topological polar surface area (TPSA) is 55.8 Å². The zero-order chi connectivity index (χ0) is 16.4. The second kappa shape index (κ2) is 6.76. The minimum Gasteiger partial charge on any atom is -0.508 e. The van der Waals surface area contributed by atoms with Gasteiger partial charge in [-0.25, -0.2) is 4.79 Å². The molecule has 0 unspecified atom stereocenters. The SMILES string of the molecule is CNC(=O)N1CCN(Cc2c(O)ccc3cc(Br)ccc23)CC1. The Kier molecular flexibility index (Phi) is 4.73. The largest absolute Gasteiger partial charge is 0.508 e. The molecule has 3 rings (SSSR count). The molecule has 1 aliphatic heterocycles. The van der Waals surface area contributed by atoms with E-state index in [1.165, 1.54) is 0 Å². The summed E-state index contributed by atoms with van der Waals surface area (Å²) in [4.78, 5) is 15.7. The Morgan fingerprint density at radius 2 is 1.96 bits per heavy atom. The van der Waals surface area contributed by atoms with Gasteiger partial charge in [-0.1, -0.05) is 28.1 Å². The summed E-state index contributed by atoms with van der Waals surface area (Å²) in [6.07, 6.45) is 0. The molecule has 2 N–H and O–H groups in total. The number of hydrogen-bond acceptors (Lipinski definition) is 3. The quantitative estimate of drug-likeness (QED) is 0.845. The van der Waals surface area contributed by atoms with Crippen LogP contribution >= 0.6 is 15.9 Å². The molecule has 1 fully saturated rings. The molecule has 122 valence electrons. The van der Waals surface area contributed by atoms with Gasteiger partial charge in [0.25, 0.3) is 0 Å². The lowest BCUT2D eigenvalue weighted by molar-refractivity contribution is 0.136. The summed E-state index contributed by atoms with van der Waals surface area (Å²) in [5.41, 5.74) is 0.948. The normalized spacial score (nSPS) is 15.8. The van der Waals surface area contributed by atoms with Crippen molar-refractivity contribution in [2.75, 3.05) is 33.2 Å². The van der Waals surface area contributed by atoms with Crippen LogP contribution < -0.4 is 5.32 Å². The first-order valence-electron chi connectivity index (χ1n) is 7.67. The second-order valence-electron chi connectivity index (χ2n) is 5.75. The molecule has 2 amide bonds. The Bertz CT molecular complexity index is 727. The molecule has 0 saturated carbocycles. The number of halogens is 1. The van der Waals surface area contributed by atoms with Gasteiger partial charge >= 0.3 is 6.03 Å². The van der Waals surface area contributed by atoms with E-state index >= 15 is 0 Å². The molecule has 1 saturated heterocycles. The van der Waals surface area contributed by atoms with Crippen molar-refractivity contribution in [1.82, 2.24) is 15.1 Å². The van der Waals surface area contributed by atoms with E-state index in [1.807, 2.05) is 23.1 Å². The first-order chi connectivity index (χ1) is 11.1. The minimum absolute atomic E-state index is 0.0255. The zero-order valence-electron chi connectivity index (χ0n) is 13.1. The van der Waals surface area contributed by atoms with Gasteiger partial charge in [0.15, 0.2) is 0 Å². The Labute approximate surface area is 144 Å². The Morgan fingerprint density at radius 3 is 2.65 bits per heavy atom. The fourth-order valence-corrected chi connectivity index (χ4v) is 3.39. The van der Waals surface area contributed by atoms with Crippen molar-refractivity contribution in [1.29, 1.82) is 0 Å². The van der Waals surface area contributed by atoms with Crippen LogP contribution in [0, 0.1) is 0 Å². The van der Waals surface area contributed by atoms with Crippen LogP contribution in [-0.2, 0) is 6.54 Å². The number of nitrogens with zero attached hydrogens (tertiary/aromatic N) is 2. The summed E-state index contributed by atoms with van der Waals surface area (Å²) in [6.45, 7) is 3.71. The van der Waals surface area contributed by atoms with Gasteiger partial charge in [-0.3, -0.25) is 4.90 Å². The van der Waals surface area contributed by atoms with E-state index in [1.54, 1.807) is 13.1 Å². The highest BCUT2D eigenvalue weighted by molar-refractivity contribution is 9.10. The van der Waals surface area contributed by atoms with Crippen molar-refractivity contribution in [2.24, 2.45) is 0 Å². The molecule has 5 nitrogen and oxygen atoms in total. The Balaban J connectivity index is 1.77. The highest BCUT2D eigenvalue weighted by Crippen LogP contribution is 2.30. The third kappa shape index (κ3) is 3.43. The highest BCUT2D eigenvalue weighted by atomic mass is 79.9. The molecule has 23 heavy (non-hydrogen) atoms. The van der Waals surface area contributed by atoms with Crippen LogP contribution in [0.5, 0.6) is 5.75 Å². The average Bonchev–Trinajstić information content (AvgIpc) is 2.57. The maximum atomic E-state index is 11.6. The van der Waals surface area contributed by atoms with Crippen molar-refractivity contribution < 1.29 is 9.90 Å². The van der Waals surface area contributed by atoms with Crippen molar-refractivity contribution >= 4 is 32.7 Å². The summed E-state index contributed by atoms with van der Waals surface area (Å²) in [6, 6.07) is 9.75. The van der Waals surface area contributed by atoms with Crippen LogP contribution in [0.15, 0.2) is 34.8 Å². The van der Waals surface area contributed by atoms with Crippen molar-refractivity contribution in [3.8, 4) is 5.75 Å². The molecule has 0 bridgehead atoms. The molecule has 2 aromatic carbocycles. The first-order valence-corrected chi connectivity index (χ1v) is 8.47. The number of hydrogen-bond donors (Lipinski definition) is 2. The summed E-state index contributed by atoms with van der Waals surface area (Å²) in [5, 5.41) is 15.1. The van der Waals surface area contributed by atoms with Gasteiger partial charge in [0, 0.05) is 49.8 Å². The number of carbonyl (C=O) groups is 1. The van der Waals surface area contributed by atoms with Gasteiger partial charge in [0.05, 0.1) is 0 Å². The standard InChI is InChI=1S/C17H20BrN3O2/c1-19-17(23)21-8-6-20(7-9-21)11-15-14-4-3-13(18)10-12(14)2-5-16(15)22/h2-5,10,22H,6-9,11H2,1H3,(H,19,23). The van der Waals surface area contributed by atoms with Gasteiger partial charge in [0.2, 0.25) is 0 Å². The van der Waals surface area contributed by atoms with Gasteiger partial charge in [-0.2, -0.15) is 0 Å². The first kappa shape index (κ1) is 16.1.